The number of hydrogen-bond acceptors (Lipinski definition) is 4. The first-order chi connectivity index (χ1) is 8.02. The molecular formula is C10H9FN4O2. The molecule has 0 saturated carbocycles. The van der Waals surface area contributed by atoms with Crippen LogP contribution >= 0.6 is 0 Å². The predicted octanol–water partition coefficient (Wildman–Crippen LogP) is -0.171. The standard InChI is InChI=1S/C10H9FN4O2/c11-5-3-1-2-4-6(5)15-8(13)7(12)9(16)14-10(15)17/h1-4H,12-13H2,(H,14,16,17). The van der Waals surface area contributed by atoms with Crippen LogP contribution in [0.25, 0.3) is 5.69 Å². The second kappa shape index (κ2) is 3.78. The van der Waals surface area contributed by atoms with Crippen LogP contribution in [0.15, 0.2) is 33.9 Å². The molecule has 0 bridgehead atoms. The van der Waals surface area contributed by atoms with Crippen molar-refractivity contribution in [2.75, 3.05) is 11.5 Å². The van der Waals surface area contributed by atoms with Crippen molar-refractivity contribution in [2.45, 2.75) is 0 Å². The Balaban J connectivity index is 2.87. The van der Waals surface area contributed by atoms with Crippen molar-refractivity contribution in [3.05, 3.63) is 50.9 Å². The molecule has 0 spiro atoms. The Bertz CT molecular complexity index is 689. The van der Waals surface area contributed by atoms with Crippen molar-refractivity contribution in [1.82, 2.24) is 9.55 Å². The summed E-state index contributed by atoms with van der Waals surface area (Å²) in [7, 11) is 0. The van der Waals surface area contributed by atoms with Crippen LogP contribution in [0.4, 0.5) is 15.9 Å². The lowest BCUT2D eigenvalue weighted by Crippen LogP contribution is -2.33. The molecule has 0 saturated heterocycles. The number of anilines is 2. The minimum atomic E-state index is -0.841. The maximum absolute atomic E-state index is 13.5. The molecule has 0 aliphatic carbocycles. The molecule has 0 fully saturated rings. The normalized spacial score (nSPS) is 10.4. The summed E-state index contributed by atoms with van der Waals surface area (Å²) >= 11 is 0. The SMILES string of the molecule is Nc1c(N)n(-c2ccccc2F)c(=O)[nH]c1=O. The number of H-pyrrole nitrogens is 1. The van der Waals surface area contributed by atoms with E-state index in [9.17, 15) is 14.0 Å². The fraction of sp³-hybridized carbons (Fsp3) is 0. The van der Waals surface area contributed by atoms with Crippen LogP contribution in [0.1, 0.15) is 0 Å². The molecule has 2 aromatic rings. The third-order valence-corrected chi connectivity index (χ3v) is 2.28. The number of nitrogens with zero attached hydrogens (tertiary/aromatic N) is 1. The molecule has 0 aliphatic heterocycles. The van der Waals surface area contributed by atoms with Gasteiger partial charge in [0.15, 0.2) is 0 Å². The van der Waals surface area contributed by atoms with E-state index in [0.29, 0.717) is 0 Å². The molecule has 6 nitrogen and oxygen atoms in total. The third-order valence-electron chi connectivity index (χ3n) is 2.28. The minimum absolute atomic E-state index is 0.0713. The van der Waals surface area contributed by atoms with Gasteiger partial charge in [0, 0.05) is 0 Å². The third kappa shape index (κ3) is 1.67. The van der Waals surface area contributed by atoms with Gasteiger partial charge in [-0.1, -0.05) is 12.1 Å². The number of aromatic amines is 1. The highest BCUT2D eigenvalue weighted by Crippen LogP contribution is 2.15. The quantitative estimate of drug-likeness (QED) is 0.638. The van der Waals surface area contributed by atoms with E-state index in [1.165, 1.54) is 24.3 Å². The fourth-order valence-corrected chi connectivity index (χ4v) is 1.44. The van der Waals surface area contributed by atoms with Gasteiger partial charge in [0.1, 0.15) is 17.3 Å². The number of benzene rings is 1. The monoisotopic (exact) mass is 236 g/mol. The first-order valence-electron chi connectivity index (χ1n) is 4.67. The Hall–Kier alpha value is -2.57. The van der Waals surface area contributed by atoms with E-state index < -0.39 is 17.1 Å². The van der Waals surface area contributed by atoms with Crippen LogP contribution in [-0.4, -0.2) is 9.55 Å². The molecule has 0 unspecified atom stereocenters. The van der Waals surface area contributed by atoms with E-state index >= 15 is 0 Å². The maximum atomic E-state index is 13.5. The first-order valence-corrected chi connectivity index (χ1v) is 4.67. The Labute approximate surface area is 94.3 Å². The molecule has 0 aliphatic rings. The van der Waals surface area contributed by atoms with E-state index in [2.05, 4.69) is 0 Å². The summed E-state index contributed by atoms with van der Waals surface area (Å²) in [5.74, 6) is -0.934. The van der Waals surface area contributed by atoms with Crippen LogP contribution in [0.2, 0.25) is 0 Å². The Morgan fingerprint density at radius 3 is 2.47 bits per heavy atom. The molecule has 0 atom stereocenters. The van der Waals surface area contributed by atoms with E-state index in [1.807, 2.05) is 4.98 Å². The van der Waals surface area contributed by atoms with Crippen molar-refractivity contribution in [3.8, 4) is 5.69 Å². The molecule has 1 heterocycles. The van der Waals surface area contributed by atoms with Crippen molar-refractivity contribution >= 4 is 11.5 Å². The van der Waals surface area contributed by atoms with Crippen LogP contribution in [-0.2, 0) is 0 Å². The van der Waals surface area contributed by atoms with Gasteiger partial charge in [-0.05, 0) is 12.1 Å². The van der Waals surface area contributed by atoms with Gasteiger partial charge >= 0.3 is 5.69 Å². The smallest absolute Gasteiger partial charge is 0.334 e. The molecule has 0 amide bonds. The largest absolute Gasteiger partial charge is 0.391 e. The molecule has 88 valence electrons. The van der Waals surface area contributed by atoms with Gasteiger partial charge in [-0.3, -0.25) is 9.78 Å². The molecule has 2 rings (SSSR count). The maximum Gasteiger partial charge on any atom is 0.334 e. The van der Waals surface area contributed by atoms with Crippen LogP contribution in [0, 0.1) is 5.82 Å². The summed E-state index contributed by atoms with van der Waals surface area (Å²) in [4.78, 5) is 24.7. The zero-order chi connectivity index (χ0) is 12.6. The van der Waals surface area contributed by atoms with E-state index in [4.69, 9.17) is 11.5 Å². The molecule has 17 heavy (non-hydrogen) atoms. The molecule has 7 heteroatoms. The second-order valence-corrected chi connectivity index (χ2v) is 3.35. The average molecular weight is 236 g/mol. The molecule has 1 aromatic carbocycles. The van der Waals surface area contributed by atoms with E-state index in [0.717, 1.165) is 4.57 Å². The van der Waals surface area contributed by atoms with Gasteiger partial charge in [-0.15, -0.1) is 0 Å². The Kier molecular flexibility index (Phi) is 2.43. The highest BCUT2D eigenvalue weighted by Gasteiger charge is 2.13. The number of rotatable bonds is 1. The Morgan fingerprint density at radius 2 is 1.82 bits per heavy atom. The zero-order valence-electron chi connectivity index (χ0n) is 8.61. The second-order valence-electron chi connectivity index (χ2n) is 3.35. The number of halogens is 1. The number of para-hydroxylation sites is 1. The summed E-state index contributed by atoms with van der Waals surface area (Å²) in [5, 5.41) is 0. The van der Waals surface area contributed by atoms with Gasteiger partial charge in [0.05, 0.1) is 5.69 Å². The van der Waals surface area contributed by atoms with Crippen LogP contribution < -0.4 is 22.7 Å². The number of aromatic nitrogens is 2. The van der Waals surface area contributed by atoms with Gasteiger partial charge in [0.2, 0.25) is 0 Å². The average Bonchev–Trinajstić information content (AvgIpc) is 2.29. The summed E-state index contributed by atoms with van der Waals surface area (Å²) < 4.78 is 14.3. The summed E-state index contributed by atoms with van der Waals surface area (Å²) in [6.07, 6.45) is 0. The first kappa shape index (κ1) is 10.9. The summed E-state index contributed by atoms with van der Waals surface area (Å²) in [6.45, 7) is 0. The van der Waals surface area contributed by atoms with E-state index in [1.54, 1.807) is 0 Å². The lowest BCUT2D eigenvalue weighted by atomic mass is 10.3. The van der Waals surface area contributed by atoms with E-state index in [-0.39, 0.29) is 17.2 Å². The van der Waals surface area contributed by atoms with Crippen molar-refractivity contribution < 1.29 is 4.39 Å². The fourth-order valence-electron chi connectivity index (χ4n) is 1.44. The minimum Gasteiger partial charge on any atom is -0.391 e. The van der Waals surface area contributed by atoms with Gasteiger partial charge in [-0.2, -0.15) is 0 Å². The molecule has 0 radical (unpaired) electrons. The van der Waals surface area contributed by atoms with Crippen LogP contribution in [0.5, 0.6) is 0 Å². The topological polar surface area (TPSA) is 107 Å². The molecular weight excluding hydrogens is 227 g/mol. The van der Waals surface area contributed by atoms with Crippen molar-refractivity contribution in [3.63, 3.8) is 0 Å². The Morgan fingerprint density at radius 1 is 1.18 bits per heavy atom. The lowest BCUT2D eigenvalue weighted by Gasteiger charge is -2.10. The van der Waals surface area contributed by atoms with Gasteiger partial charge in [-0.25, -0.2) is 13.8 Å². The van der Waals surface area contributed by atoms with Crippen LogP contribution in [0.3, 0.4) is 0 Å². The van der Waals surface area contributed by atoms with Gasteiger partial charge in [0.25, 0.3) is 5.56 Å². The summed E-state index contributed by atoms with van der Waals surface area (Å²) in [6, 6.07) is 5.52. The number of nitrogen functional groups attached to an aromatic ring is 2. The summed E-state index contributed by atoms with van der Waals surface area (Å²) in [5.41, 5.74) is 8.89. The lowest BCUT2D eigenvalue weighted by molar-refractivity contribution is 0.615. The predicted molar refractivity (Wildman–Crippen MR) is 61.4 cm³/mol. The van der Waals surface area contributed by atoms with Gasteiger partial charge < -0.3 is 11.5 Å². The molecule has 5 N–H and O–H groups in total. The van der Waals surface area contributed by atoms with Crippen molar-refractivity contribution in [1.29, 1.82) is 0 Å². The zero-order valence-corrected chi connectivity index (χ0v) is 8.61. The highest BCUT2D eigenvalue weighted by atomic mass is 19.1. The highest BCUT2D eigenvalue weighted by molar-refractivity contribution is 5.60. The molecule has 1 aromatic heterocycles. The number of nitrogens with one attached hydrogen (secondary N) is 1. The number of nitrogens with two attached hydrogens (primary N) is 2. The van der Waals surface area contributed by atoms with Crippen molar-refractivity contribution in [2.24, 2.45) is 0 Å². The number of hydrogen-bond donors (Lipinski definition) is 3.